The number of aromatic hydroxyl groups is 1. The fourth-order valence-corrected chi connectivity index (χ4v) is 5.32. The minimum Gasteiger partial charge on any atom is -0.510 e. The molecule has 2 aromatic rings. The van der Waals surface area contributed by atoms with E-state index >= 15 is 0 Å². The maximum Gasteiger partial charge on any atom is 0.359 e. The van der Waals surface area contributed by atoms with Crippen molar-refractivity contribution in [2.24, 2.45) is 5.92 Å². The molecular formula is C27H33NO4. The lowest BCUT2D eigenvalue weighted by atomic mass is 9.71. The molecule has 170 valence electrons. The van der Waals surface area contributed by atoms with Gasteiger partial charge in [0.2, 0.25) is 0 Å². The van der Waals surface area contributed by atoms with Gasteiger partial charge in [0, 0.05) is 18.7 Å². The number of esters is 1. The van der Waals surface area contributed by atoms with Gasteiger partial charge < -0.3 is 19.8 Å². The highest BCUT2D eigenvalue weighted by Gasteiger charge is 2.48. The maximum atomic E-state index is 13.4. The van der Waals surface area contributed by atoms with Crippen molar-refractivity contribution in [3.8, 4) is 5.75 Å². The Morgan fingerprint density at radius 2 is 1.69 bits per heavy atom. The van der Waals surface area contributed by atoms with Crippen molar-refractivity contribution in [2.75, 3.05) is 11.4 Å². The smallest absolute Gasteiger partial charge is 0.359 e. The van der Waals surface area contributed by atoms with Crippen LogP contribution < -0.4 is 4.90 Å². The van der Waals surface area contributed by atoms with Crippen LogP contribution in [0.15, 0.2) is 66.1 Å². The Hall–Kier alpha value is -2.95. The average molecular weight is 436 g/mol. The molecule has 1 aliphatic carbocycles. The second kappa shape index (κ2) is 9.68. The van der Waals surface area contributed by atoms with E-state index in [1.165, 1.54) is 6.42 Å². The number of ether oxygens (including phenoxy) is 1. The summed E-state index contributed by atoms with van der Waals surface area (Å²) in [5.41, 5.74) is 1.51. The number of hydrogen-bond donors (Lipinski definition) is 2. The highest BCUT2D eigenvalue weighted by molar-refractivity contribution is 5.94. The summed E-state index contributed by atoms with van der Waals surface area (Å²) in [7, 11) is 0. The third kappa shape index (κ3) is 4.62. The predicted octanol–water partition coefficient (Wildman–Crippen LogP) is 5.89. The molecule has 1 atom stereocenters. The quantitative estimate of drug-likeness (QED) is 0.531. The molecule has 0 amide bonds. The van der Waals surface area contributed by atoms with Crippen molar-refractivity contribution >= 4 is 11.7 Å². The number of carbonyl (C=O) groups is 1. The molecule has 32 heavy (non-hydrogen) atoms. The van der Waals surface area contributed by atoms with Crippen LogP contribution in [0.3, 0.4) is 0 Å². The van der Waals surface area contributed by atoms with Crippen LogP contribution in [0.4, 0.5) is 5.69 Å². The zero-order valence-electron chi connectivity index (χ0n) is 18.8. The van der Waals surface area contributed by atoms with E-state index in [0.717, 1.165) is 43.4 Å². The molecule has 5 nitrogen and oxygen atoms in total. The first-order valence-corrected chi connectivity index (χ1v) is 11.8. The fourth-order valence-electron chi connectivity index (χ4n) is 5.32. The largest absolute Gasteiger partial charge is 0.510 e. The zero-order chi connectivity index (χ0) is 22.6. The van der Waals surface area contributed by atoms with Crippen LogP contribution in [-0.2, 0) is 16.0 Å². The Labute approximate surface area is 190 Å². The molecule has 4 rings (SSSR count). The lowest BCUT2D eigenvalue weighted by molar-refractivity contribution is -0.169. The maximum absolute atomic E-state index is 13.4. The van der Waals surface area contributed by atoms with Crippen molar-refractivity contribution in [3.05, 3.63) is 71.6 Å². The summed E-state index contributed by atoms with van der Waals surface area (Å²) in [6.45, 7) is 2.52. The number of rotatable bonds is 7. The van der Waals surface area contributed by atoms with Gasteiger partial charge in [-0.05, 0) is 68.4 Å². The van der Waals surface area contributed by atoms with E-state index in [4.69, 9.17) is 4.74 Å². The van der Waals surface area contributed by atoms with Crippen LogP contribution in [0.5, 0.6) is 5.75 Å². The number of phenolic OH excluding ortho intramolecular Hbond substituents is 1. The molecule has 0 bridgehead atoms. The van der Waals surface area contributed by atoms with E-state index in [1.54, 1.807) is 12.1 Å². The molecule has 0 saturated heterocycles. The molecule has 1 saturated carbocycles. The molecule has 5 heteroatoms. The third-order valence-corrected chi connectivity index (χ3v) is 7.01. The molecule has 2 N–H and O–H groups in total. The Morgan fingerprint density at radius 3 is 2.31 bits per heavy atom. The Kier molecular flexibility index (Phi) is 6.73. The van der Waals surface area contributed by atoms with Gasteiger partial charge >= 0.3 is 5.97 Å². The molecule has 2 aromatic carbocycles. The standard InChI is InChI=1S/C27H33NO4/c1-2-28(22-11-7-4-8-12-22)25-24(30)19-27(32-26(25)31,21-9-5-3-6-10-21)18-17-20-13-15-23(29)16-14-20/h4,7-8,11-16,21,29-30H,2-3,5-6,9-10,17-19H2,1H3. The van der Waals surface area contributed by atoms with E-state index in [2.05, 4.69) is 0 Å². The Morgan fingerprint density at radius 1 is 1.00 bits per heavy atom. The first-order valence-electron chi connectivity index (χ1n) is 11.8. The van der Waals surface area contributed by atoms with Gasteiger partial charge in [0.05, 0.1) is 0 Å². The van der Waals surface area contributed by atoms with E-state index < -0.39 is 11.6 Å². The molecule has 0 radical (unpaired) electrons. The molecule has 1 unspecified atom stereocenters. The molecule has 0 spiro atoms. The number of carbonyl (C=O) groups excluding carboxylic acids is 1. The summed E-state index contributed by atoms with van der Waals surface area (Å²) in [5, 5.41) is 20.8. The van der Waals surface area contributed by atoms with E-state index in [9.17, 15) is 15.0 Å². The minimum atomic E-state index is -0.695. The summed E-state index contributed by atoms with van der Waals surface area (Å²) in [5.74, 6) is 0.178. The Balaban J connectivity index is 1.64. The molecule has 0 aromatic heterocycles. The third-order valence-electron chi connectivity index (χ3n) is 7.01. The van der Waals surface area contributed by atoms with Crippen LogP contribution >= 0.6 is 0 Å². The van der Waals surface area contributed by atoms with Crippen molar-refractivity contribution in [1.82, 2.24) is 0 Å². The van der Waals surface area contributed by atoms with Crippen LogP contribution in [-0.4, -0.2) is 28.3 Å². The van der Waals surface area contributed by atoms with Crippen molar-refractivity contribution in [2.45, 2.75) is 63.9 Å². The summed E-state index contributed by atoms with van der Waals surface area (Å²) in [6.07, 6.45) is 7.23. The first-order chi connectivity index (χ1) is 15.5. The highest BCUT2D eigenvalue weighted by atomic mass is 16.6. The molecular weight excluding hydrogens is 402 g/mol. The monoisotopic (exact) mass is 435 g/mol. The van der Waals surface area contributed by atoms with Crippen molar-refractivity contribution in [3.63, 3.8) is 0 Å². The molecule has 1 fully saturated rings. The minimum absolute atomic E-state index is 0.128. The van der Waals surface area contributed by atoms with Gasteiger partial charge in [-0.1, -0.05) is 49.6 Å². The second-order valence-corrected chi connectivity index (χ2v) is 9.01. The van der Waals surface area contributed by atoms with E-state index in [-0.39, 0.29) is 23.1 Å². The van der Waals surface area contributed by atoms with Gasteiger partial charge in [-0.15, -0.1) is 0 Å². The van der Waals surface area contributed by atoms with Crippen LogP contribution in [0.2, 0.25) is 0 Å². The van der Waals surface area contributed by atoms with Crippen molar-refractivity contribution in [1.29, 1.82) is 0 Å². The number of para-hydroxylation sites is 1. The first kappa shape index (κ1) is 22.3. The number of cyclic esters (lactones) is 1. The molecule has 1 aliphatic heterocycles. The molecule has 2 aliphatic rings. The number of aliphatic hydroxyl groups excluding tert-OH is 1. The summed E-state index contributed by atoms with van der Waals surface area (Å²) in [4.78, 5) is 15.2. The second-order valence-electron chi connectivity index (χ2n) is 9.01. The van der Waals surface area contributed by atoms with Gasteiger partial charge in [-0.25, -0.2) is 4.79 Å². The lowest BCUT2D eigenvalue weighted by Crippen LogP contribution is -2.49. The number of nitrogens with zero attached hydrogens (tertiary/aromatic N) is 1. The van der Waals surface area contributed by atoms with Gasteiger partial charge in [0.1, 0.15) is 17.1 Å². The summed E-state index contributed by atoms with van der Waals surface area (Å²) in [6, 6.07) is 16.8. The van der Waals surface area contributed by atoms with Crippen LogP contribution in [0, 0.1) is 5.92 Å². The fraction of sp³-hybridized carbons (Fsp3) is 0.444. The van der Waals surface area contributed by atoms with Gasteiger partial charge in [-0.3, -0.25) is 0 Å². The normalized spacial score (nSPS) is 22.0. The van der Waals surface area contributed by atoms with Gasteiger partial charge in [-0.2, -0.15) is 0 Å². The number of benzene rings is 2. The average Bonchev–Trinajstić information content (AvgIpc) is 2.82. The Bertz CT molecular complexity index is 947. The number of aryl methyl sites for hydroxylation is 1. The number of likely N-dealkylation sites (N-methyl/N-ethyl adjacent to an activating group) is 1. The number of anilines is 1. The van der Waals surface area contributed by atoms with E-state index in [0.29, 0.717) is 19.4 Å². The van der Waals surface area contributed by atoms with Crippen molar-refractivity contribution < 1.29 is 19.7 Å². The van der Waals surface area contributed by atoms with Gasteiger partial charge in [0.15, 0.2) is 5.70 Å². The topological polar surface area (TPSA) is 70.0 Å². The number of aliphatic hydroxyl groups is 1. The zero-order valence-corrected chi connectivity index (χ0v) is 18.8. The lowest BCUT2D eigenvalue weighted by Gasteiger charge is -2.45. The summed E-state index contributed by atoms with van der Waals surface area (Å²) < 4.78 is 6.30. The van der Waals surface area contributed by atoms with Crippen LogP contribution in [0.1, 0.15) is 57.4 Å². The molecule has 1 heterocycles. The number of phenols is 1. The van der Waals surface area contributed by atoms with Crippen LogP contribution in [0.25, 0.3) is 0 Å². The number of hydrogen-bond acceptors (Lipinski definition) is 5. The predicted molar refractivity (Wildman–Crippen MR) is 126 cm³/mol. The highest BCUT2D eigenvalue weighted by Crippen LogP contribution is 2.45. The SMILES string of the molecule is CCN(C1=C(O)CC(CCc2ccc(O)cc2)(C2CCCCC2)OC1=O)c1ccccc1. The van der Waals surface area contributed by atoms with Gasteiger partial charge in [0.25, 0.3) is 0 Å². The van der Waals surface area contributed by atoms with E-state index in [1.807, 2.05) is 54.3 Å². The summed E-state index contributed by atoms with van der Waals surface area (Å²) >= 11 is 0.